The van der Waals surface area contributed by atoms with Crippen LogP contribution in [0, 0.1) is 0 Å². The van der Waals surface area contributed by atoms with E-state index in [-0.39, 0.29) is 39.1 Å². The maximum absolute atomic E-state index is 12.7. The summed E-state index contributed by atoms with van der Waals surface area (Å²) < 4.78 is 64.9. The molecule has 4 N–H and O–H groups in total. The number of pyridine rings is 1. The summed E-state index contributed by atoms with van der Waals surface area (Å²) >= 11 is 0. The number of hydrogen-bond donors (Lipinski definition) is 4. The van der Waals surface area contributed by atoms with Gasteiger partial charge in [0.05, 0.1) is 34.7 Å². The Bertz CT molecular complexity index is 3270. The van der Waals surface area contributed by atoms with E-state index in [0.717, 1.165) is 24.2 Å². The van der Waals surface area contributed by atoms with E-state index >= 15 is 0 Å². The van der Waals surface area contributed by atoms with Crippen molar-refractivity contribution in [2.45, 2.75) is 36.0 Å². The third kappa shape index (κ3) is 10.1. The second kappa shape index (κ2) is 18.4. The third-order valence-corrected chi connectivity index (χ3v) is 11.9. The number of unbranched alkanes of at least 4 members (excludes halogenated alkanes) is 1. The number of imidazole rings is 4. The highest BCUT2D eigenvalue weighted by Crippen LogP contribution is 2.26. The molecule has 21 heteroatoms. The smallest absolute Gasteiger partial charge is 0.339 e. The van der Waals surface area contributed by atoms with Gasteiger partial charge in [-0.1, -0.05) is 13.3 Å². The Morgan fingerprint density at radius 2 is 1.09 bits per heavy atom. The number of nitrogens with one attached hydrogen (secondary N) is 4. The lowest BCUT2D eigenvalue weighted by Crippen LogP contribution is -2.12. The van der Waals surface area contributed by atoms with Crippen LogP contribution >= 0.6 is 0 Å². The predicted molar refractivity (Wildman–Crippen MR) is 235 cm³/mol. The molecule has 64 heavy (non-hydrogen) atoms. The molecule has 0 atom stereocenters. The second-order valence-electron chi connectivity index (χ2n) is 13.9. The molecular formula is C43H37N11O8S2. The van der Waals surface area contributed by atoms with Gasteiger partial charge in [0.1, 0.15) is 21.3 Å². The topological polar surface area (TPSA) is 251 Å². The van der Waals surface area contributed by atoms with Crippen molar-refractivity contribution in [3.8, 4) is 22.9 Å². The molecule has 4 aromatic carbocycles. The molecule has 0 saturated carbocycles. The van der Waals surface area contributed by atoms with Crippen LogP contribution in [0.1, 0.15) is 36.5 Å². The average Bonchev–Trinajstić information content (AvgIpc) is 4.14. The number of benzene rings is 4. The van der Waals surface area contributed by atoms with Crippen molar-refractivity contribution in [3.05, 3.63) is 152 Å². The second-order valence-corrected chi connectivity index (χ2v) is 17.0. The fourth-order valence-electron chi connectivity index (χ4n) is 6.16. The zero-order valence-electron chi connectivity index (χ0n) is 33.7. The van der Waals surface area contributed by atoms with Crippen LogP contribution in [0.5, 0.6) is 11.5 Å². The maximum Gasteiger partial charge on any atom is 0.339 e. The van der Waals surface area contributed by atoms with Gasteiger partial charge in [-0.05, 0) is 91.3 Å². The van der Waals surface area contributed by atoms with Gasteiger partial charge in [-0.3, -0.25) is 25.2 Å². The van der Waals surface area contributed by atoms with Gasteiger partial charge in [-0.25, -0.2) is 19.9 Å². The normalized spacial score (nSPS) is 11.5. The first-order chi connectivity index (χ1) is 30.9. The van der Waals surface area contributed by atoms with Crippen LogP contribution in [-0.4, -0.2) is 72.7 Å². The standard InChI is InChI=1S/C22H16N6O4S.C21H21N5O4S/c29-21(15-7-9-23-10-8-15)27-22-25-19-6-3-17(13-20(19)26-22)32-33(30,31)18-4-1-16(2-5-18)28-12-11-24-14-28;1-2-3-4-20(27)25-21-23-18-10-7-16(13-19(18)24-21)30-31(28,29)17-8-5-15(6-9-17)26-12-11-22-14-26/h1-14H,(H2,25,26,27,29);5-14H,2-4H2,1H3,(H2,23,24,25,27). The lowest BCUT2D eigenvalue weighted by atomic mass is 10.2. The third-order valence-electron chi connectivity index (χ3n) is 9.36. The highest BCUT2D eigenvalue weighted by Gasteiger charge is 2.20. The number of amides is 2. The quantitative estimate of drug-likeness (QED) is 0.0820. The fourth-order valence-corrected chi connectivity index (χ4v) is 8.00. The number of carbonyl (C=O) groups is 2. The molecule has 0 saturated heterocycles. The summed E-state index contributed by atoms with van der Waals surface area (Å²) in [6.45, 7) is 2.01. The summed E-state index contributed by atoms with van der Waals surface area (Å²) in [4.78, 5) is 50.5. The van der Waals surface area contributed by atoms with E-state index < -0.39 is 20.2 Å². The molecular weight excluding hydrogens is 863 g/mol. The van der Waals surface area contributed by atoms with Crippen LogP contribution in [0.25, 0.3) is 33.4 Å². The van der Waals surface area contributed by atoms with Gasteiger partial charge < -0.3 is 27.5 Å². The molecule has 0 aliphatic carbocycles. The number of fused-ring (bicyclic) bond motifs is 2. The number of hydrogen-bond acceptors (Lipinski definition) is 13. The Kier molecular flexibility index (Phi) is 12.2. The number of aromatic amines is 2. The number of carbonyl (C=O) groups excluding carboxylic acids is 2. The monoisotopic (exact) mass is 899 g/mol. The van der Waals surface area contributed by atoms with Crippen molar-refractivity contribution < 1.29 is 34.8 Å². The van der Waals surface area contributed by atoms with Crippen molar-refractivity contribution in [2.24, 2.45) is 0 Å². The molecule has 5 aromatic heterocycles. The van der Waals surface area contributed by atoms with Crippen molar-refractivity contribution in [1.29, 1.82) is 0 Å². The molecule has 0 aliphatic heterocycles. The molecule has 0 spiro atoms. The first-order valence-corrected chi connectivity index (χ1v) is 22.3. The first kappa shape index (κ1) is 42.5. The first-order valence-electron chi connectivity index (χ1n) is 19.5. The van der Waals surface area contributed by atoms with Crippen molar-refractivity contribution in [3.63, 3.8) is 0 Å². The Labute approximate surface area is 365 Å². The number of aromatic nitrogens is 9. The fraction of sp³-hybridized carbons (Fsp3) is 0.0930. The van der Waals surface area contributed by atoms with Gasteiger partial charge in [-0.2, -0.15) is 16.8 Å². The van der Waals surface area contributed by atoms with Gasteiger partial charge in [0, 0.05) is 72.7 Å². The van der Waals surface area contributed by atoms with Crippen molar-refractivity contribution in [2.75, 3.05) is 10.6 Å². The number of anilines is 2. The van der Waals surface area contributed by atoms with Crippen LogP contribution in [0.3, 0.4) is 0 Å². The van der Waals surface area contributed by atoms with E-state index in [1.54, 1.807) is 95.1 Å². The molecule has 9 aromatic rings. The van der Waals surface area contributed by atoms with Crippen LogP contribution in [0.4, 0.5) is 11.9 Å². The largest absolute Gasteiger partial charge is 0.379 e. The summed E-state index contributed by atoms with van der Waals surface area (Å²) in [6.07, 6.45) is 15.2. The summed E-state index contributed by atoms with van der Waals surface area (Å²) in [5.74, 6) is 0.303. The van der Waals surface area contributed by atoms with Gasteiger partial charge in [0.15, 0.2) is 0 Å². The van der Waals surface area contributed by atoms with Gasteiger partial charge in [0.25, 0.3) is 5.91 Å². The Balaban J connectivity index is 0.000000175. The summed E-state index contributed by atoms with van der Waals surface area (Å²) in [5.41, 5.74) is 4.15. The Hall–Kier alpha value is -8.17. The molecule has 324 valence electrons. The van der Waals surface area contributed by atoms with Gasteiger partial charge in [0.2, 0.25) is 17.8 Å². The number of rotatable bonds is 14. The molecule has 0 radical (unpaired) electrons. The summed E-state index contributed by atoms with van der Waals surface area (Å²) in [7, 11) is -8.07. The van der Waals surface area contributed by atoms with E-state index in [4.69, 9.17) is 8.37 Å². The van der Waals surface area contributed by atoms with E-state index in [1.165, 1.54) is 60.9 Å². The Morgan fingerprint density at radius 1 is 0.609 bits per heavy atom. The lowest BCUT2D eigenvalue weighted by molar-refractivity contribution is -0.116. The molecule has 2 amide bonds. The van der Waals surface area contributed by atoms with Crippen LogP contribution < -0.4 is 19.0 Å². The van der Waals surface area contributed by atoms with Crippen LogP contribution in [0.15, 0.2) is 157 Å². The van der Waals surface area contributed by atoms with Gasteiger partial charge >= 0.3 is 20.2 Å². The van der Waals surface area contributed by atoms with E-state index in [2.05, 4.69) is 45.5 Å². The molecule has 0 fully saturated rings. The van der Waals surface area contributed by atoms with E-state index in [0.29, 0.717) is 40.0 Å². The van der Waals surface area contributed by atoms with Crippen LogP contribution in [0.2, 0.25) is 0 Å². The molecule has 0 unspecified atom stereocenters. The minimum atomic E-state index is -4.05. The minimum absolute atomic E-state index is 0.0152. The number of H-pyrrole nitrogens is 2. The minimum Gasteiger partial charge on any atom is -0.379 e. The van der Waals surface area contributed by atoms with E-state index in [1.807, 2.05) is 6.92 Å². The van der Waals surface area contributed by atoms with Crippen molar-refractivity contribution >= 4 is 66.0 Å². The average molecular weight is 900 g/mol. The molecule has 0 aliphatic rings. The zero-order valence-corrected chi connectivity index (χ0v) is 35.3. The van der Waals surface area contributed by atoms with E-state index in [9.17, 15) is 26.4 Å². The molecule has 19 nitrogen and oxygen atoms in total. The summed E-state index contributed by atoms with van der Waals surface area (Å²) in [6, 6.07) is 25.0. The van der Waals surface area contributed by atoms with Gasteiger partial charge in [-0.15, -0.1) is 0 Å². The highest BCUT2D eigenvalue weighted by molar-refractivity contribution is 7.87. The SMILES string of the molecule is CCCCC(=O)Nc1nc2ccc(OS(=O)(=O)c3ccc(-n4ccnc4)cc3)cc2[nH]1.O=C(Nc1nc2ccc(OS(=O)(=O)c3ccc(-n4ccnc4)cc3)cc2[nH]1)c1ccncc1. The molecule has 9 rings (SSSR count). The maximum atomic E-state index is 12.7. The predicted octanol–water partition coefficient (Wildman–Crippen LogP) is 6.81. The lowest BCUT2D eigenvalue weighted by Gasteiger charge is -2.08. The molecule has 5 heterocycles. The number of nitrogens with zero attached hydrogens (tertiary/aromatic N) is 7. The highest BCUT2D eigenvalue weighted by atomic mass is 32.2. The summed E-state index contributed by atoms with van der Waals surface area (Å²) in [5, 5.41) is 5.36. The van der Waals surface area contributed by atoms with Crippen molar-refractivity contribution in [1.82, 2.24) is 44.0 Å². The van der Waals surface area contributed by atoms with Crippen LogP contribution in [-0.2, 0) is 25.0 Å². The Morgan fingerprint density at radius 3 is 1.55 bits per heavy atom. The molecule has 0 bridgehead atoms. The zero-order chi connectivity index (χ0) is 44.7.